The molecule has 74 valence electrons. The van der Waals surface area contributed by atoms with Crippen LogP contribution in [0.25, 0.3) is 0 Å². The van der Waals surface area contributed by atoms with E-state index in [1.54, 1.807) is 0 Å². The molecule has 0 aromatic rings. The first-order valence-electron chi connectivity index (χ1n) is 4.53. The highest BCUT2D eigenvalue weighted by molar-refractivity contribution is 5.96. The third-order valence-electron chi connectivity index (χ3n) is 2.37. The Labute approximate surface area is 78.8 Å². The van der Waals surface area contributed by atoms with Crippen LogP contribution in [0.1, 0.15) is 27.2 Å². The molecule has 0 saturated heterocycles. The van der Waals surface area contributed by atoms with Gasteiger partial charge in [-0.3, -0.25) is 0 Å². The van der Waals surface area contributed by atoms with Gasteiger partial charge in [-0.25, -0.2) is 4.99 Å². The summed E-state index contributed by atoms with van der Waals surface area (Å²) in [6, 6.07) is 0.279. The highest BCUT2D eigenvalue weighted by Gasteiger charge is 2.21. The molecule has 1 aliphatic rings. The molecule has 0 amide bonds. The largest absolute Gasteiger partial charge is 0.384 e. The second-order valence-electron chi connectivity index (χ2n) is 3.38. The minimum Gasteiger partial charge on any atom is -0.384 e. The van der Waals surface area contributed by atoms with Gasteiger partial charge in [0.1, 0.15) is 5.84 Å². The van der Waals surface area contributed by atoms with Crippen molar-refractivity contribution < 1.29 is 5.11 Å². The van der Waals surface area contributed by atoms with Crippen molar-refractivity contribution in [3.05, 3.63) is 11.8 Å². The Balaban J connectivity index is 2.80. The van der Waals surface area contributed by atoms with Crippen molar-refractivity contribution in [2.45, 2.75) is 39.6 Å². The molecule has 13 heavy (non-hydrogen) atoms. The van der Waals surface area contributed by atoms with E-state index in [0.29, 0.717) is 5.84 Å². The Morgan fingerprint density at radius 1 is 1.77 bits per heavy atom. The number of nitrogens with zero attached hydrogens (tertiary/aromatic N) is 2. The Bertz CT molecular complexity index is 247. The Morgan fingerprint density at radius 3 is 2.92 bits per heavy atom. The zero-order valence-electron chi connectivity index (χ0n) is 8.36. The minimum absolute atomic E-state index is 0.279. The first-order valence-corrected chi connectivity index (χ1v) is 4.53. The maximum Gasteiger partial charge on any atom is 0.227 e. The summed E-state index contributed by atoms with van der Waals surface area (Å²) in [5.41, 5.74) is 6.48. The fourth-order valence-electron chi connectivity index (χ4n) is 1.21. The number of aliphatic hydroxyl groups is 1. The highest BCUT2D eigenvalue weighted by Crippen LogP contribution is 2.15. The monoisotopic (exact) mass is 183 g/mol. The van der Waals surface area contributed by atoms with Gasteiger partial charge in [0, 0.05) is 17.8 Å². The van der Waals surface area contributed by atoms with Crippen molar-refractivity contribution in [2.75, 3.05) is 0 Å². The number of hydrogen-bond acceptors (Lipinski definition) is 4. The van der Waals surface area contributed by atoms with Crippen molar-refractivity contribution in [2.24, 2.45) is 10.7 Å². The van der Waals surface area contributed by atoms with Gasteiger partial charge in [0.2, 0.25) is 6.35 Å². The van der Waals surface area contributed by atoms with Crippen LogP contribution >= 0.6 is 0 Å². The number of nitrogens with two attached hydrogens (primary N) is 1. The molecule has 0 aromatic heterocycles. The normalized spacial score (nSPS) is 25.2. The summed E-state index contributed by atoms with van der Waals surface area (Å²) in [6.45, 7) is 6.01. The van der Waals surface area contributed by atoms with Crippen LogP contribution in [0.3, 0.4) is 0 Å². The molecule has 3 N–H and O–H groups in total. The molecule has 4 heteroatoms. The van der Waals surface area contributed by atoms with E-state index in [1.807, 2.05) is 24.9 Å². The molecule has 0 radical (unpaired) electrons. The summed E-state index contributed by atoms with van der Waals surface area (Å²) in [5.74, 6) is 0.423. The van der Waals surface area contributed by atoms with E-state index in [1.165, 1.54) is 0 Å². The van der Waals surface area contributed by atoms with Crippen LogP contribution in [-0.2, 0) is 0 Å². The van der Waals surface area contributed by atoms with Gasteiger partial charge in [0.05, 0.1) is 0 Å². The van der Waals surface area contributed by atoms with Crippen molar-refractivity contribution in [3.63, 3.8) is 0 Å². The summed E-state index contributed by atoms with van der Waals surface area (Å²) in [6.07, 6.45) is 2.01. The van der Waals surface area contributed by atoms with Crippen LogP contribution in [0.2, 0.25) is 0 Å². The molecule has 0 fully saturated rings. The lowest BCUT2D eigenvalue weighted by molar-refractivity contribution is 0.0187. The van der Waals surface area contributed by atoms with Gasteiger partial charge in [-0.05, 0) is 20.3 Å². The van der Waals surface area contributed by atoms with Crippen molar-refractivity contribution >= 4 is 5.84 Å². The van der Waals surface area contributed by atoms with Gasteiger partial charge in [0.25, 0.3) is 0 Å². The van der Waals surface area contributed by atoms with E-state index < -0.39 is 6.35 Å². The first-order chi connectivity index (χ1) is 6.06. The SMILES string of the molecule is CCC(C)N1C=C(C)C(N)=NC1O. The zero-order chi connectivity index (χ0) is 10.0. The average Bonchev–Trinajstić information content (AvgIpc) is 2.10. The van der Waals surface area contributed by atoms with Crippen LogP contribution in [0.5, 0.6) is 0 Å². The molecule has 0 aliphatic carbocycles. The molecular formula is C9H17N3O. The van der Waals surface area contributed by atoms with Crippen LogP contribution in [0.15, 0.2) is 16.8 Å². The standard InChI is InChI=1S/C9H17N3O/c1-4-7(3)12-5-6(2)8(10)11-9(12)13/h5,7,9,13H,4H2,1-3H3,(H2,10,11). The second-order valence-corrected chi connectivity index (χ2v) is 3.38. The third-order valence-corrected chi connectivity index (χ3v) is 2.37. The molecule has 4 nitrogen and oxygen atoms in total. The van der Waals surface area contributed by atoms with Gasteiger partial charge in [-0.15, -0.1) is 0 Å². The van der Waals surface area contributed by atoms with Crippen molar-refractivity contribution in [1.82, 2.24) is 4.90 Å². The Morgan fingerprint density at radius 2 is 2.38 bits per heavy atom. The molecule has 0 saturated carbocycles. The number of rotatable bonds is 2. The van der Waals surface area contributed by atoms with Gasteiger partial charge in [0.15, 0.2) is 0 Å². The van der Waals surface area contributed by atoms with Crippen molar-refractivity contribution in [3.8, 4) is 0 Å². The molecule has 0 bridgehead atoms. The van der Waals surface area contributed by atoms with E-state index in [-0.39, 0.29) is 6.04 Å². The lowest BCUT2D eigenvalue weighted by atomic mass is 10.2. The third kappa shape index (κ3) is 2.01. The van der Waals surface area contributed by atoms with E-state index in [2.05, 4.69) is 11.9 Å². The fourth-order valence-corrected chi connectivity index (χ4v) is 1.21. The zero-order valence-corrected chi connectivity index (χ0v) is 8.36. The van der Waals surface area contributed by atoms with E-state index in [0.717, 1.165) is 12.0 Å². The van der Waals surface area contributed by atoms with Crippen LogP contribution in [0, 0.1) is 0 Å². The topological polar surface area (TPSA) is 61.8 Å². The number of hydrogen-bond donors (Lipinski definition) is 2. The molecule has 1 rings (SSSR count). The van der Waals surface area contributed by atoms with Crippen LogP contribution in [0.4, 0.5) is 0 Å². The number of aliphatic hydroxyl groups excluding tert-OH is 1. The molecule has 2 atom stereocenters. The lowest BCUT2D eigenvalue weighted by Crippen LogP contribution is -2.41. The Kier molecular flexibility index (Phi) is 2.93. The van der Waals surface area contributed by atoms with Gasteiger partial charge in [-0.1, -0.05) is 6.92 Å². The summed E-state index contributed by atoms with van der Waals surface area (Å²) >= 11 is 0. The number of aliphatic imine (C=N–C) groups is 1. The molecule has 0 spiro atoms. The summed E-state index contributed by atoms with van der Waals surface area (Å²) in [4.78, 5) is 5.73. The molecular weight excluding hydrogens is 166 g/mol. The van der Waals surface area contributed by atoms with Crippen LogP contribution in [-0.4, -0.2) is 28.2 Å². The maximum atomic E-state index is 9.57. The minimum atomic E-state index is -0.821. The van der Waals surface area contributed by atoms with Crippen LogP contribution < -0.4 is 5.73 Å². The molecule has 0 aromatic carbocycles. The molecule has 2 unspecified atom stereocenters. The quantitative estimate of drug-likeness (QED) is 0.660. The predicted octanol–water partition coefficient (Wildman–Crippen LogP) is 0.637. The van der Waals surface area contributed by atoms with Crippen molar-refractivity contribution in [1.29, 1.82) is 0 Å². The predicted molar refractivity (Wildman–Crippen MR) is 53.0 cm³/mol. The first kappa shape index (κ1) is 10.1. The van der Waals surface area contributed by atoms with Gasteiger partial charge < -0.3 is 15.7 Å². The fraction of sp³-hybridized carbons (Fsp3) is 0.667. The van der Waals surface area contributed by atoms with E-state index in [9.17, 15) is 5.11 Å². The van der Waals surface area contributed by atoms with E-state index >= 15 is 0 Å². The summed E-state index contributed by atoms with van der Waals surface area (Å²) in [7, 11) is 0. The second kappa shape index (κ2) is 3.79. The maximum absolute atomic E-state index is 9.57. The summed E-state index contributed by atoms with van der Waals surface area (Å²) < 4.78 is 0. The highest BCUT2D eigenvalue weighted by atomic mass is 16.3. The lowest BCUT2D eigenvalue weighted by Gasteiger charge is -2.32. The molecule has 1 aliphatic heterocycles. The van der Waals surface area contributed by atoms with E-state index in [4.69, 9.17) is 5.73 Å². The average molecular weight is 183 g/mol. The Hall–Kier alpha value is -1.03. The summed E-state index contributed by atoms with van der Waals surface area (Å²) in [5, 5.41) is 9.57. The number of amidine groups is 1. The van der Waals surface area contributed by atoms with Gasteiger partial charge >= 0.3 is 0 Å². The smallest absolute Gasteiger partial charge is 0.227 e. The van der Waals surface area contributed by atoms with Gasteiger partial charge in [-0.2, -0.15) is 0 Å². The molecule has 1 heterocycles.